The molecule has 9 nitrogen and oxygen atoms in total. The van der Waals surface area contributed by atoms with Gasteiger partial charge < -0.3 is 20.1 Å². The lowest BCUT2D eigenvalue weighted by Gasteiger charge is -2.23. The Balaban J connectivity index is 1.30. The number of carbonyl (C=O) groups excluding carboxylic acids is 2. The van der Waals surface area contributed by atoms with E-state index in [9.17, 15) is 19.7 Å². The van der Waals surface area contributed by atoms with Gasteiger partial charge in [0.15, 0.2) is 0 Å². The molecule has 0 bridgehead atoms. The van der Waals surface area contributed by atoms with Crippen LogP contribution in [-0.4, -0.2) is 36.3 Å². The van der Waals surface area contributed by atoms with E-state index in [1.165, 1.54) is 24.3 Å². The number of alkyl carbamates (subject to hydrolysis) is 1. The van der Waals surface area contributed by atoms with E-state index in [1.54, 1.807) is 0 Å². The molecule has 0 unspecified atom stereocenters. The Kier molecular flexibility index (Phi) is 7.48. The standard InChI is InChI=1S/C27H27N3O6/c1-17(2)25(15-28-26(31)36-19-13-11-18(12-14-19)30(33)34)29-27(32)35-16-24-22-9-5-3-7-20(22)21-8-4-6-10-23(21)24/h3-14,17,24-25H,15-16H2,1-2H3,(H,28,31)(H,29,32)/t25-/m1/s1. The molecule has 3 aromatic rings. The van der Waals surface area contributed by atoms with E-state index in [0.717, 1.165) is 22.3 Å². The minimum atomic E-state index is -0.733. The van der Waals surface area contributed by atoms with Gasteiger partial charge in [-0.15, -0.1) is 0 Å². The van der Waals surface area contributed by atoms with Crippen LogP contribution in [0.25, 0.3) is 11.1 Å². The van der Waals surface area contributed by atoms with Gasteiger partial charge in [-0.1, -0.05) is 62.4 Å². The summed E-state index contributed by atoms with van der Waals surface area (Å²) in [6.45, 7) is 4.14. The number of nitro groups is 1. The second-order valence-corrected chi connectivity index (χ2v) is 8.84. The molecule has 0 spiro atoms. The summed E-state index contributed by atoms with van der Waals surface area (Å²) in [5, 5.41) is 16.2. The fourth-order valence-corrected chi connectivity index (χ4v) is 4.22. The van der Waals surface area contributed by atoms with Gasteiger partial charge in [0, 0.05) is 24.6 Å². The molecule has 186 valence electrons. The zero-order valence-electron chi connectivity index (χ0n) is 20.0. The molecule has 0 aliphatic heterocycles. The monoisotopic (exact) mass is 489 g/mol. The third kappa shape index (κ3) is 5.63. The molecule has 3 aromatic carbocycles. The lowest BCUT2D eigenvalue weighted by Crippen LogP contribution is -2.47. The van der Waals surface area contributed by atoms with Crippen molar-refractivity contribution >= 4 is 17.9 Å². The normalized spacial score (nSPS) is 12.9. The Labute approximate surface area is 208 Å². The van der Waals surface area contributed by atoms with Crippen LogP contribution in [0.4, 0.5) is 15.3 Å². The van der Waals surface area contributed by atoms with E-state index >= 15 is 0 Å². The van der Waals surface area contributed by atoms with Gasteiger partial charge in [0.2, 0.25) is 0 Å². The summed E-state index contributed by atoms with van der Waals surface area (Å²) in [7, 11) is 0. The lowest BCUT2D eigenvalue weighted by atomic mass is 9.98. The Morgan fingerprint density at radius 1 is 0.917 bits per heavy atom. The second-order valence-electron chi connectivity index (χ2n) is 8.84. The molecular formula is C27H27N3O6. The predicted octanol–water partition coefficient (Wildman–Crippen LogP) is 5.25. The van der Waals surface area contributed by atoms with Gasteiger partial charge in [-0.25, -0.2) is 9.59 Å². The number of rotatable bonds is 8. The molecule has 9 heteroatoms. The molecule has 0 fully saturated rings. The highest BCUT2D eigenvalue weighted by atomic mass is 16.6. The number of benzene rings is 3. The van der Waals surface area contributed by atoms with Crippen molar-refractivity contribution in [2.24, 2.45) is 5.92 Å². The van der Waals surface area contributed by atoms with Crippen LogP contribution in [0.5, 0.6) is 5.75 Å². The second kappa shape index (κ2) is 10.9. The molecular weight excluding hydrogens is 462 g/mol. The first-order chi connectivity index (χ1) is 17.3. The maximum Gasteiger partial charge on any atom is 0.412 e. The number of non-ortho nitro benzene ring substituents is 1. The van der Waals surface area contributed by atoms with E-state index in [0.29, 0.717) is 0 Å². The van der Waals surface area contributed by atoms with Crippen molar-refractivity contribution in [3.8, 4) is 16.9 Å². The quantitative estimate of drug-likeness (QED) is 0.330. The van der Waals surface area contributed by atoms with Gasteiger partial charge >= 0.3 is 12.2 Å². The first-order valence-electron chi connectivity index (χ1n) is 11.6. The van der Waals surface area contributed by atoms with Crippen LogP contribution in [-0.2, 0) is 4.74 Å². The number of hydrogen-bond donors (Lipinski definition) is 2. The predicted molar refractivity (Wildman–Crippen MR) is 134 cm³/mol. The van der Waals surface area contributed by atoms with Gasteiger partial charge in [0.25, 0.3) is 5.69 Å². The van der Waals surface area contributed by atoms with E-state index in [1.807, 2.05) is 38.1 Å². The third-order valence-corrected chi connectivity index (χ3v) is 6.18. The number of nitrogens with one attached hydrogen (secondary N) is 2. The van der Waals surface area contributed by atoms with Gasteiger partial charge in [0.1, 0.15) is 12.4 Å². The number of hydrogen-bond acceptors (Lipinski definition) is 6. The number of nitro benzene ring substituents is 1. The van der Waals surface area contributed by atoms with Crippen LogP contribution in [0.1, 0.15) is 30.9 Å². The van der Waals surface area contributed by atoms with E-state index in [-0.39, 0.29) is 36.4 Å². The van der Waals surface area contributed by atoms with Crippen LogP contribution in [0.2, 0.25) is 0 Å². The molecule has 0 aromatic heterocycles. The average Bonchev–Trinajstić information content (AvgIpc) is 3.19. The highest BCUT2D eigenvalue weighted by Gasteiger charge is 2.29. The fraction of sp³-hybridized carbons (Fsp3) is 0.259. The number of amides is 2. The van der Waals surface area contributed by atoms with Crippen LogP contribution < -0.4 is 15.4 Å². The number of nitrogens with zero attached hydrogens (tertiary/aromatic N) is 1. The van der Waals surface area contributed by atoms with Crippen LogP contribution in [0.15, 0.2) is 72.8 Å². The summed E-state index contributed by atoms with van der Waals surface area (Å²) in [6, 6.07) is 21.0. The fourth-order valence-electron chi connectivity index (χ4n) is 4.22. The summed E-state index contributed by atoms with van der Waals surface area (Å²) in [5.41, 5.74) is 4.45. The Bertz CT molecular complexity index is 1210. The molecule has 1 aliphatic rings. The smallest absolute Gasteiger partial charge is 0.412 e. The van der Waals surface area contributed by atoms with E-state index in [4.69, 9.17) is 9.47 Å². The first kappa shape index (κ1) is 24.7. The molecule has 36 heavy (non-hydrogen) atoms. The topological polar surface area (TPSA) is 120 Å². The summed E-state index contributed by atoms with van der Waals surface area (Å²) >= 11 is 0. The summed E-state index contributed by atoms with van der Waals surface area (Å²) in [5.74, 6) is 0.129. The first-order valence-corrected chi connectivity index (χ1v) is 11.6. The van der Waals surface area contributed by atoms with Gasteiger partial charge in [-0.05, 0) is 40.3 Å². The van der Waals surface area contributed by atoms with Gasteiger partial charge in [-0.2, -0.15) is 0 Å². The van der Waals surface area contributed by atoms with Crippen LogP contribution in [0.3, 0.4) is 0 Å². The lowest BCUT2D eigenvalue weighted by molar-refractivity contribution is -0.384. The SMILES string of the molecule is CC(C)[C@@H](CNC(=O)Oc1ccc([N+](=O)[O-])cc1)NC(=O)OCC1c2ccccc2-c2ccccc21. The van der Waals surface area contributed by atoms with E-state index in [2.05, 4.69) is 34.9 Å². The minimum absolute atomic E-state index is 0.00478. The highest BCUT2D eigenvalue weighted by Crippen LogP contribution is 2.44. The van der Waals surface area contributed by atoms with Crippen molar-refractivity contribution in [3.63, 3.8) is 0 Å². The maximum atomic E-state index is 12.6. The van der Waals surface area contributed by atoms with Crippen LogP contribution in [0, 0.1) is 16.0 Å². The summed E-state index contributed by atoms with van der Waals surface area (Å²) in [6.07, 6.45) is -1.30. The molecule has 2 N–H and O–H groups in total. The van der Waals surface area contributed by atoms with Crippen molar-refractivity contribution in [2.75, 3.05) is 13.2 Å². The Morgan fingerprint density at radius 2 is 1.50 bits per heavy atom. The number of carbonyl (C=O) groups is 2. The van der Waals surface area contributed by atoms with Gasteiger partial charge in [-0.3, -0.25) is 10.1 Å². The molecule has 0 radical (unpaired) electrons. The van der Waals surface area contributed by atoms with Crippen molar-refractivity contribution in [1.29, 1.82) is 0 Å². The Hall–Kier alpha value is -4.40. The summed E-state index contributed by atoms with van der Waals surface area (Å²) in [4.78, 5) is 35.0. The molecule has 0 saturated heterocycles. The molecule has 0 heterocycles. The average molecular weight is 490 g/mol. The molecule has 1 aliphatic carbocycles. The van der Waals surface area contributed by atoms with E-state index < -0.39 is 23.2 Å². The maximum absolute atomic E-state index is 12.6. The number of ether oxygens (including phenoxy) is 2. The zero-order chi connectivity index (χ0) is 25.7. The zero-order valence-corrected chi connectivity index (χ0v) is 20.0. The third-order valence-electron chi connectivity index (χ3n) is 6.18. The molecule has 2 amide bonds. The highest BCUT2D eigenvalue weighted by molar-refractivity contribution is 5.79. The Morgan fingerprint density at radius 3 is 2.06 bits per heavy atom. The number of fused-ring (bicyclic) bond motifs is 3. The molecule has 4 rings (SSSR count). The minimum Gasteiger partial charge on any atom is -0.449 e. The van der Waals surface area contributed by atoms with Crippen molar-refractivity contribution in [2.45, 2.75) is 25.8 Å². The van der Waals surface area contributed by atoms with Crippen molar-refractivity contribution < 1.29 is 24.0 Å². The largest absolute Gasteiger partial charge is 0.449 e. The van der Waals surface area contributed by atoms with Crippen LogP contribution >= 0.6 is 0 Å². The summed E-state index contributed by atoms with van der Waals surface area (Å²) < 4.78 is 10.8. The van der Waals surface area contributed by atoms with Crippen molar-refractivity contribution in [1.82, 2.24) is 10.6 Å². The molecule has 0 saturated carbocycles. The molecule has 1 atom stereocenters. The van der Waals surface area contributed by atoms with Gasteiger partial charge in [0.05, 0.1) is 11.0 Å². The van der Waals surface area contributed by atoms with Crippen molar-refractivity contribution in [3.05, 3.63) is 94.0 Å².